The Balaban J connectivity index is 1.18. The van der Waals surface area contributed by atoms with Gasteiger partial charge in [0.05, 0.1) is 10.7 Å². The van der Waals surface area contributed by atoms with Crippen LogP contribution in [0.4, 0.5) is 0 Å². The number of fused-ring (bicyclic) bond motifs is 1. The summed E-state index contributed by atoms with van der Waals surface area (Å²) in [6.07, 6.45) is 5.68. The first-order valence-electron chi connectivity index (χ1n) is 10.8. The largest absolute Gasteiger partial charge is 0.487 e. The molecule has 0 saturated carbocycles. The van der Waals surface area contributed by atoms with Gasteiger partial charge in [-0.3, -0.25) is 4.79 Å². The van der Waals surface area contributed by atoms with Gasteiger partial charge in [-0.2, -0.15) is 0 Å². The van der Waals surface area contributed by atoms with Crippen LogP contribution in [0.2, 0.25) is 0 Å². The Hall–Kier alpha value is -4.01. The van der Waals surface area contributed by atoms with Crippen LogP contribution >= 0.6 is 22.9 Å². The monoisotopic (exact) mass is 501 g/mol. The van der Waals surface area contributed by atoms with Crippen molar-refractivity contribution in [3.8, 4) is 5.75 Å². The Morgan fingerprint density at radius 1 is 1.00 bits per heavy atom. The number of ether oxygens (including phenoxy) is 1. The summed E-state index contributed by atoms with van der Waals surface area (Å²) in [5, 5.41) is 12.0. The minimum Gasteiger partial charge on any atom is -0.487 e. The summed E-state index contributed by atoms with van der Waals surface area (Å²) in [7, 11) is 0. The maximum absolute atomic E-state index is 12.4. The standard InChI is InChI=1S/C26H20ClN5O2S/c27-22(25-30-31-26(35-25)24(33)28-15-19-6-2-1-3-7-19)14-18-9-11-21(12-10-18)34-17-20-16-32-13-5-4-8-23(32)29-20/h1-14,16H,15,17H2,(H,28,33)/b22-14-. The molecule has 0 saturated heterocycles. The summed E-state index contributed by atoms with van der Waals surface area (Å²) in [5.74, 6) is 0.442. The maximum atomic E-state index is 12.4. The first kappa shape index (κ1) is 22.8. The van der Waals surface area contributed by atoms with E-state index in [4.69, 9.17) is 16.3 Å². The zero-order valence-corrected chi connectivity index (χ0v) is 20.0. The fraction of sp³-hybridized carbons (Fsp3) is 0.0769. The van der Waals surface area contributed by atoms with Crippen molar-refractivity contribution in [3.63, 3.8) is 0 Å². The molecule has 2 aromatic carbocycles. The van der Waals surface area contributed by atoms with Gasteiger partial charge in [0.15, 0.2) is 5.01 Å². The minimum absolute atomic E-state index is 0.262. The Kier molecular flexibility index (Phi) is 6.83. The highest BCUT2D eigenvalue weighted by molar-refractivity contribution is 7.15. The molecule has 3 heterocycles. The third kappa shape index (κ3) is 5.74. The van der Waals surface area contributed by atoms with Gasteiger partial charge in [0.1, 0.15) is 18.0 Å². The first-order valence-corrected chi connectivity index (χ1v) is 12.0. The first-order chi connectivity index (χ1) is 17.1. The van der Waals surface area contributed by atoms with E-state index in [0.29, 0.717) is 23.2 Å². The van der Waals surface area contributed by atoms with Gasteiger partial charge in [-0.25, -0.2) is 4.98 Å². The molecule has 35 heavy (non-hydrogen) atoms. The summed E-state index contributed by atoms with van der Waals surface area (Å²) >= 11 is 7.59. The summed E-state index contributed by atoms with van der Waals surface area (Å²) in [6, 6.07) is 23.1. The number of hydrogen-bond acceptors (Lipinski definition) is 6. The molecule has 9 heteroatoms. The van der Waals surface area contributed by atoms with E-state index >= 15 is 0 Å². The summed E-state index contributed by atoms with van der Waals surface area (Å²) < 4.78 is 7.82. The quantitative estimate of drug-likeness (QED) is 0.306. The molecule has 0 fully saturated rings. The molecular weight excluding hydrogens is 482 g/mol. The normalized spacial score (nSPS) is 11.5. The van der Waals surface area contributed by atoms with Crippen molar-refractivity contribution in [3.05, 3.63) is 112 Å². The second-order valence-corrected chi connectivity index (χ2v) is 9.01. The predicted molar refractivity (Wildman–Crippen MR) is 137 cm³/mol. The van der Waals surface area contributed by atoms with Crippen LogP contribution in [0.5, 0.6) is 5.75 Å². The molecule has 0 spiro atoms. The average molecular weight is 502 g/mol. The Bertz CT molecular complexity index is 1450. The van der Waals surface area contributed by atoms with Crippen LogP contribution in [0.1, 0.15) is 31.6 Å². The van der Waals surface area contributed by atoms with Crippen LogP contribution < -0.4 is 10.1 Å². The van der Waals surface area contributed by atoms with E-state index in [-0.39, 0.29) is 10.9 Å². The molecule has 0 radical (unpaired) electrons. The van der Waals surface area contributed by atoms with Crippen molar-refractivity contribution < 1.29 is 9.53 Å². The third-order valence-electron chi connectivity index (χ3n) is 5.09. The van der Waals surface area contributed by atoms with Crippen molar-refractivity contribution in [1.29, 1.82) is 0 Å². The number of benzene rings is 2. The molecule has 0 unspecified atom stereocenters. The lowest BCUT2D eigenvalue weighted by atomic mass is 10.2. The van der Waals surface area contributed by atoms with Crippen molar-refractivity contribution >= 4 is 45.6 Å². The van der Waals surface area contributed by atoms with Crippen LogP contribution in [0.3, 0.4) is 0 Å². The van der Waals surface area contributed by atoms with Crippen LogP contribution in [-0.4, -0.2) is 25.5 Å². The van der Waals surface area contributed by atoms with Crippen molar-refractivity contribution in [1.82, 2.24) is 24.9 Å². The third-order valence-corrected chi connectivity index (χ3v) is 6.45. The van der Waals surface area contributed by atoms with Crippen molar-refractivity contribution in [2.45, 2.75) is 13.2 Å². The number of halogens is 1. The number of hydrogen-bond donors (Lipinski definition) is 1. The number of amides is 1. The van der Waals surface area contributed by atoms with Crippen molar-refractivity contribution in [2.24, 2.45) is 0 Å². The van der Waals surface area contributed by atoms with Crippen LogP contribution in [0.25, 0.3) is 16.8 Å². The molecule has 7 nitrogen and oxygen atoms in total. The van der Waals surface area contributed by atoms with E-state index in [1.807, 2.05) is 89.6 Å². The Morgan fingerprint density at radius 2 is 1.77 bits per heavy atom. The second-order valence-electron chi connectivity index (χ2n) is 7.63. The topological polar surface area (TPSA) is 81.4 Å². The van der Waals surface area contributed by atoms with Gasteiger partial charge in [0, 0.05) is 18.9 Å². The summed E-state index contributed by atoms with van der Waals surface area (Å²) in [4.78, 5) is 16.9. The lowest BCUT2D eigenvalue weighted by Crippen LogP contribution is -2.22. The van der Waals surface area contributed by atoms with Crippen LogP contribution in [-0.2, 0) is 13.2 Å². The highest BCUT2D eigenvalue weighted by Gasteiger charge is 2.14. The van der Waals surface area contributed by atoms with Gasteiger partial charge in [0.25, 0.3) is 5.91 Å². The molecular formula is C26H20ClN5O2S. The van der Waals surface area contributed by atoms with E-state index in [1.165, 1.54) is 0 Å². The van der Waals surface area contributed by atoms with E-state index in [1.54, 1.807) is 6.08 Å². The smallest absolute Gasteiger partial charge is 0.282 e. The fourth-order valence-corrected chi connectivity index (χ4v) is 4.29. The molecule has 5 aromatic rings. The van der Waals surface area contributed by atoms with Gasteiger partial charge < -0.3 is 14.5 Å². The molecule has 174 valence electrons. The van der Waals surface area contributed by atoms with E-state index in [9.17, 15) is 4.79 Å². The van der Waals surface area contributed by atoms with Crippen LogP contribution in [0, 0.1) is 0 Å². The summed E-state index contributed by atoms with van der Waals surface area (Å²) in [5.41, 5.74) is 3.62. The Labute approximate surface area is 210 Å². The zero-order valence-electron chi connectivity index (χ0n) is 18.5. The van der Waals surface area contributed by atoms with Gasteiger partial charge in [-0.15, -0.1) is 10.2 Å². The number of aromatic nitrogens is 4. The Morgan fingerprint density at radius 3 is 2.57 bits per heavy atom. The SMILES string of the molecule is O=C(NCc1ccccc1)c1nnc(/C(Cl)=C/c2ccc(OCc3cn4ccccc4n3)cc2)s1. The zero-order chi connectivity index (χ0) is 24.0. The molecule has 5 rings (SSSR count). The molecule has 0 aliphatic rings. The second kappa shape index (κ2) is 10.5. The highest BCUT2D eigenvalue weighted by Crippen LogP contribution is 2.26. The number of imidazole rings is 1. The van der Waals surface area contributed by atoms with Gasteiger partial charge in [-0.1, -0.05) is 71.5 Å². The number of rotatable bonds is 8. The molecule has 0 atom stereocenters. The lowest BCUT2D eigenvalue weighted by Gasteiger charge is -2.04. The molecule has 0 aliphatic heterocycles. The van der Waals surface area contributed by atoms with Crippen LogP contribution in [0.15, 0.2) is 85.2 Å². The highest BCUT2D eigenvalue weighted by atomic mass is 35.5. The van der Waals surface area contributed by atoms with E-state index in [0.717, 1.165) is 39.6 Å². The number of carbonyl (C=O) groups is 1. The molecule has 1 N–H and O–H groups in total. The molecule has 3 aromatic heterocycles. The fourth-order valence-electron chi connectivity index (χ4n) is 3.35. The van der Waals surface area contributed by atoms with Gasteiger partial charge in [-0.05, 0) is 41.5 Å². The van der Waals surface area contributed by atoms with Gasteiger partial charge >= 0.3 is 0 Å². The van der Waals surface area contributed by atoms with Crippen molar-refractivity contribution in [2.75, 3.05) is 0 Å². The number of carbonyl (C=O) groups excluding carboxylic acids is 1. The number of nitrogens with zero attached hydrogens (tertiary/aromatic N) is 4. The van der Waals surface area contributed by atoms with Gasteiger partial charge in [0.2, 0.25) is 5.01 Å². The number of nitrogens with one attached hydrogen (secondary N) is 1. The molecule has 1 amide bonds. The van der Waals surface area contributed by atoms with E-state index < -0.39 is 0 Å². The van der Waals surface area contributed by atoms with E-state index in [2.05, 4.69) is 20.5 Å². The summed E-state index contributed by atoms with van der Waals surface area (Å²) in [6.45, 7) is 0.793. The maximum Gasteiger partial charge on any atom is 0.282 e. The lowest BCUT2D eigenvalue weighted by molar-refractivity contribution is 0.0950. The number of pyridine rings is 1. The minimum atomic E-state index is -0.283. The predicted octanol–water partition coefficient (Wildman–Crippen LogP) is 5.43. The average Bonchev–Trinajstić information content (AvgIpc) is 3.55. The molecule has 0 aliphatic carbocycles. The molecule has 0 bridgehead atoms.